The first-order chi connectivity index (χ1) is 11.6. The molecule has 3 atom stereocenters. The summed E-state index contributed by atoms with van der Waals surface area (Å²) < 4.78 is 1.04. The van der Waals surface area contributed by atoms with E-state index in [2.05, 4.69) is 54.0 Å². The van der Waals surface area contributed by atoms with Crippen LogP contribution in [0.15, 0.2) is 21.8 Å². The third-order valence-corrected chi connectivity index (χ3v) is 7.31. The molecule has 136 valence electrons. The zero-order chi connectivity index (χ0) is 18.6. The second-order valence-corrected chi connectivity index (χ2v) is 9.23. The summed E-state index contributed by atoms with van der Waals surface area (Å²) >= 11 is 3.70. The highest BCUT2D eigenvalue weighted by molar-refractivity contribution is 9.10. The Balaban J connectivity index is 2.25. The quantitative estimate of drug-likeness (QED) is 0.515. The van der Waals surface area contributed by atoms with Crippen LogP contribution in [0.5, 0.6) is 0 Å². The van der Waals surface area contributed by atoms with Gasteiger partial charge in [0.15, 0.2) is 0 Å². The summed E-state index contributed by atoms with van der Waals surface area (Å²) in [5.74, 6) is -0.482. The molecule has 1 fully saturated rings. The molecule has 0 amide bonds. The molecule has 2 N–H and O–H groups in total. The monoisotopic (exact) mass is 407 g/mol. The normalized spacial score (nSPS) is 33.2. The number of aliphatic carboxylic acids is 1. The van der Waals surface area contributed by atoms with Crippen LogP contribution < -0.4 is 0 Å². The Morgan fingerprint density at radius 2 is 2.00 bits per heavy atom. The number of oxime groups is 1. The van der Waals surface area contributed by atoms with Gasteiger partial charge in [0, 0.05) is 10.0 Å². The van der Waals surface area contributed by atoms with Crippen molar-refractivity contribution in [2.75, 3.05) is 0 Å². The molecule has 4 nitrogen and oxygen atoms in total. The molecule has 25 heavy (non-hydrogen) atoms. The average molecular weight is 408 g/mol. The van der Waals surface area contributed by atoms with Crippen LogP contribution >= 0.6 is 15.9 Å². The molecule has 0 saturated heterocycles. The highest BCUT2D eigenvalue weighted by Crippen LogP contribution is 2.58. The lowest BCUT2D eigenvalue weighted by molar-refractivity contribution is -0.156. The second kappa shape index (κ2) is 6.11. The number of carboxylic acids is 1. The molecule has 1 aromatic carbocycles. The second-order valence-electron chi connectivity index (χ2n) is 8.37. The number of halogens is 1. The van der Waals surface area contributed by atoms with Gasteiger partial charge in [0.2, 0.25) is 0 Å². The first kappa shape index (κ1) is 18.4. The first-order valence-corrected chi connectivity index (χ1v) is 9.73. The zero-order valence-corrected chi connectivity index (χ0v) is 16.9. The molecule has 0 unspecified atom stereocenters. The van der Waals surface area contributed by atoms with E-state index in [-0.39, 0.29) is 11.3 Å². The van der Waals surface area contributed by atoms with Gasteiger partial charge in [-0.3, -0.25) is 4.79 Å². The van der Waals surface area contributed by atoms with Crippen molar-refractivity contribution in [1.29, 1.82) is 0 Å². The molecule has 5 heteroatoms. The fourth-order valence-corrected chi connectivity index (χ4v) is 5.85. The average Bonchev–Trinajstić information content (AvgIpc) is 2.54. The van der Waals surface area contributed by atoms with E-state index in [1.165, 1.54) is 5.56 Å². The number of fused-ring (bicyclic) bond motifs is 3. The summed E-state index contributed by atoms with van der Waals surface area (Å²) in [5.41, 5.74) is 2.85. The Morgan fingerprint density at radius 3 is 2.56 bits per heavy atom. The van der Waals surface area contributed by atoms with E-state index in [4.69, 9.17) is 0 Å². The van der Waals surface area contributed by atoms with Crippen molar-refractivity contribution in [2.24, 2.45) is 16.5 Å². The van der Waals surface area contributed by atoms with Gasteiger partial charge in [-0.15, -0.1) is 0 Å². The van der Waals surface area contributed by atoms with Crippen molar-refractivity contribution < 1.29 is 15.1 Å². The SMILES string of the molecule is CC(C)c1cc2c(cc1Br)[C@@]1(C)CCC[C@@](C)(C(=O)O)[C@@H]1C/C2=N\O. The summed E-state index contributed by atoms with van der Waals surface area (Å²) in [7, 11) is 0. The summed E-state index contributed by atoms with van der Waals surface area (Å²) in [6.07, 6.45) is 3.02. The van der Waals surface area contributed by atoms with Gasteiger partial charge in [-0.05, 0) is 66.7 Å². The van der Waals surface area contributed by atoms with Crippen molar-refractivity contribution in [1.82, 2.24) is 0 Å². The molecule has 0 radical (unpaired) electrons. The van der Waals surface area contributed by atoms with E-state index in [9.17, 15) is 15.1 Å². The Kier molecular flexibility index (Phi) is 4.51. The maximum Gasteiger partial charge on any atom is 0.309 e. The van der Waals surface area contributed by atoms with Gasteiger partial charge in [0.1, 0.15) is 0 Å². The van der Waals surface area contributed by atoms with E-state index in [1.807, 2.05) is 6.92 Å². The van der Waals surface area contributed by atoms with E-state index >= 15 is 0 Å². The van der Waals surface area contributed by atoms with Crippen LogP contribution in [0.25, 0.3) is 0 Å². The van der Waals surface area contributed by atoms with Crippen LogP contribution in [-0.4, -0.2) is 22.0 Å². The molecule has 0 spiro atoms. The lowest BCUT2D eigenvalue weighted by atomic mass is 9.49. The largest absolute Gasteiger partial charge is 0.481 e. The van der Waals surface area contributed by atoms with Crippen molar-refractivity contribution in [2.45, 2.75) is 64.7 Å². The molecular weight excluding hydrogens is 382 g/mol. The summed E-state index contributed by atoms with van der Waals surface area (Å²) in [6, 6.07) is 4.25. The third kappa shape index (κ3) is 2.62. The Hall–Kier alpha value is -1.36. The third-order valence-electron chi connectivity index (χ3n) is 6.62. The van der Waals surface area contributed by atoms with Gasteiger partial charge in [0.25, 0.3) is 0 Å². The number of hydrogen-bond acceptors (Lipinski definition) is 3. The minimum atomic E-state index is -0.802. The van der Waals surface area contributed by atoms with Crippen LogP contribution in [0.4, 0.5) is 0 Å². The Bertz CT molecular complexity index is 758. The molecular formula is C20H26BrNO3. The van der Waals surface area contributed by atoms with Crippen molar-refractivity contribution in [3.63, 3.8) is 0 Å². The smallest absolute Gasteiger partial charge is 0.309 e. The molecule has 0 bridgehead atoms. The molecule has 3 rings (SSSR count). The minimum absolute atomic E-state index is 0.0820. The number of carboxylic acid groups (broad SMARTS) is 1. The van der Waals surface area contributed by atoms with E-state index < -0.39 is 11.4 Å². The predicted molar refractivity (Wildman–Crippen MR) is 102 cm³/mol. The van der Waals surface area contributed by atoms with E-state index in [0.717, 1.165) is 28.4 Å². The Morgan fingerprint density at radius 1 is 1.32 bits per heavy atom. The van der Waals surface area contributed by atoms with Gasteiger partial charge in [-0.25, -0.2) is 0 Å². The van der Waals surface area contributed by atoms with Crippen molar-refractivity contribution >= 4 is 27.6 Å². The maximum atomic E-state index is 12.1. The zero-order valence-electron chi connectivity index (χ0n) is 15.3. The van der Waals surface area contributed by atoms with Gasteiger partial charge in [0.05, 0.1) is 11.1 Å². The first-order valence-electron chi connectivity index (χ1n) is 8.93. The van der Waals surface area contributed by atoms with Crippen LogP contribution in [0.1, 0.15) is 76.0 Å². The molecule has 0 heterocycles. The summed E-state index contributed by atoms with van der Waals surface area (Å²) in [5, 5.41) is 23.1. The fourth-order valence-electron chi connectivity index (χ4n) is 5.05. The van der Waals surface area contributed by atoms with Crippen molar-refractivity contribution in [3.05, 3.63) is 33.3 Å². The highest BCUT2D eigenvalue weighted by Gasteiger charge is 2.56. The van der Waals surface area contributed by atoms with E-state index in [1.54, 1.807) is 0 Å². The number of carbonyl (C=O) groups is 1. The van der Waals surface area contributed by atoms with Crippen LogP contribution in [-0.2, 0) is 10.2 Å². The number of rotatable bonds is 2. The molecule has 2 aliphatic rings. The number of benzene rings is 1. The van der Waals surface area contributed by atoms with Gasteiger partial charge >= 0.3 is 5.97 Å². The highest BCUT2D eigenvalue weighted by atomic mass is 79.9. The lowest BCUT2D eigenvalue weighted by Crippen LogP contribution is -2.53. The van der Waals surface area contributed by atoms with Gasteiger partial charge in [-0.1, -0.05) is 48.3 Å². The topological polar surface area (TPSA) is 69.9 Å². The molecule has 1 aromatic rings. The van der Waals surface area contributed by atoms with Crippen LogP contribution in [0, 0.1) is 11.3 Å². The minimum Gasteiger partial charge on any atom is -0.481 e. The Labute approximate surface area is 157 Å². The molecule has 1 saturated carbocycles. The summed E-state index contributed by atoms with van der Waals surface area (Å²) in [6.45, 7) is 8.32. The van der Waals surface area contributed by atoms with Gasteiger partial charge < -0.3 is 10.3 Å². The standard InChI is InChI=1S/C20H26BrNO3/c1-11(2)12-8-13-14(9-15(12)21)19(3)6-5-7-20(4,18(23)24)17(19)10-16(13)22-25/h8-9,11,17,25H,5-7,10H2,1-4H3,(H,23,24)/b22-16+/t17-,19-,20-/m1/s1. The van der Waals surface area contributed by atoms with Crippen LogP contribution in [0.3, 0.4) is 0 Å². The number of hydrogen-bond donors (Lipinski definition) is 2. The van der Waals surface area contributed by atoms with Crippen LogP contribution in [0.2, 0.25) is 0 Å². The number of nitrogens with zero attached hydrogens (tertiary/aromatic N) is 1. The fraction of sp³-hybridized carbons (Fsp3) is 0.600. The predicted octanol–water partition coefficient (Wildman–Crippen LogP) is 5.30. The summed E-state index contributed by atoms with van der Waals surface area (Å²) in [4.78, 5) is 12.1. The maximum absolute atomic E-state index is 12.1. The molecule has 0 aromatic heterocycles. The van der Waals surface area contributed by atoms with E-state index in [0.29, 0.717) is 24.5 Å². The molecule has 0 aliphatic heterocycles. The van der Waals surface area contributed by atoms with Gasteiger partial charge in [-0.2, -0.15) is 0 Å². The lowest BCUT2D eigenvalue weighted by Gasteiger charge is -2.53. The molecule has 2 aliphatic carbocycles. The van der Waals surface area contributed by atoms with Crippen molar-refractivity contribution in [3.8, 4) is 0 Å².